The standard InChI is InChI=1S/C19H28N6OS/c1-4-16(13-21-5-2)24-27(26)18-14-22-11-12-23-15(3)25(19(18)20)17-9-7-6-8-10-17/h4-5,11-14,17,24H,1,6-10,20H2,2-3H3/b12-11?,16-13+,19-18?,21-5?,22-14?,23-15?. The Morgan fingerprint density at radius 3 is 2.81 bits per heavy atom. The Kier molecular flexibility index (Phi) is 8.19. The van der Waals surface area contributed by atoms with Crippen LogP contribution in [0.15, 0.2) is 53.0 Å². The summed E-state index contributed by atoms with van der Waals surface area (Å²) >= 11 is 0. The van der Waals surface area contributed by atoms with Crippen molar-refractivity contribution in [2.45, 2.75) is 56.9 Å². The lowest BCUT2D eigenvalue weighted by Crippen LogP contribution is -2.22. The summed E-state index contributed by atoms with van der Waals surface area (Å²) in [6, 6.07) is 0.244. The second-order valence-corrected chi connectivity index (χ2v) is 7.41. The van der Waals surface area contributed by atoms with Crippen LogP contribution < -0.4 is 10.5 Å². The van der Waals surface area contributed by atoms with Crippen molar-refractivity contribution in [3.63, 3.8) is 0 Å². The van der Waals surface area contributed by atoms with Gasteiger partial charge in [-0.1, -0.05) is 25.8 Å². The molecule has 2 rings (SSSR count). The maximum Gasteiger partial charge on any atom is 0.155 e. The second kappa shape index (κ2) is 10.6. The number of aliphatic imine (C=N–C) groups is 1. The van der Waals surface area contributed by atoms with E-state index >= 15 is 0 Å². The van der Waals surface area contributed by atoms with E-state index in [1.54, 1.807) is 37.8 Å². The van der Waals surface area contributed by atoms with Crippen molar-refractivity contribution in [3.8, 4) is 0 Å². The summed E-state index contributed by atoms with van der Waals surface area (Å²) < 4.78 is 17.9. The molecule has 0 radical (unpaired) electrons. The maximum atomic E-state index is 13.0. The molecule has 1 fully saturated rings. The van der Waals surface area contributed by atoms with Gasteiger partial charge < -0.3 is 10.3 Å². The number of aryl methyl sites for hydroxylation is 1. The smallest absolute Gasteiger partial charge is 0.155 e. The quantitative estimate of drug-likeness (QED) is 0.575. The van der Waals surface area contributed by atoms with E-state index in [-0.39, 0.29) is 6.04 Å². The van der Waals surface area contributed by atoms with Crippen LogP contribution in [0.25, 0.3) is 0 Å². The molecule has 0 spiro atoms. The summed E-state index contributed by atoms with van der Waals surface area (Å²) in [7, 11) is -1.63. The highest BCUT2D eigenvalue weighted by Crippen LogP contribution is 2.31. The average molecular weight is 389 g/mol. The molecule has 7 nitrogen and oxygen atoms in total. The van der Waals surface area contributed by atoms with Gasteiger partial charge in [0.25, 0.3) is 0 Å². The fraction of sp³-hybridized carbons (Fsp3) is 0.421. The van der Waals surface area contributed by atoms with Crippen molar-refractivity contribution in [1.29, 1.82) is 0 Å². The monoisotopic (exact) mass is 388 g/mol. The molecule has 146 valence electrons. The highest BCUT2D eigenvalue weighted by molar-refractivity contribution is 7.83. The first kappa shape index (κ1) is 20.8. The van der Waals surface area contributed by atoms with Crippen LogP contribution in [0.3, 0.4) is 0 Å². The van der Waals surface area contributed by atoms with Gasteiger partial charge in [-0.25, -0.2) is 9.19 Å². The predicted octanol–water partition coefficient (Wildman–Crippen LogP) is 3.53. The Balaban J connectivity index is 2.53. The lowest BCUT2D eigenvalue weighted by Gasteiger charge is -2.27. The van der Waals surface area contributed by atoms with Gasteiger partial charge in [-0.05, 0) is 32.8 Å². The number of anilines is 1. The van der Waals surface area contributed by atoms with Gasteiger partial charge in [0.05, 0.1) is 11.9 Å². The third-order valence-corrected chi connectivity index (χ3v) is 5.53. The van der Waals surface area contributed by atoms with Gasteiger partial charge in [-0.2, -0.15) is 0 Å². The Hall–Kier alpha value is -2.48. The Labute approximate surface area is 163 Å². The average Bonchev–Trinajstić information content (AvgIpc) is 2.74. The Morgan fingerprint density at radius 1 is 1.41 bits per heavy atom. The first-order valence-corrected chi connectivity index (χ1v) is 10.2. The number of allylic oxidation sites excluding steroid dienone is 1. The van der Waals surface area contributed by atoms with Crippen molar-refractivity contribution in [3.05, 3.63) is 49.0 Å². The molecule has 0 aliphatic heterocycles. The number of rotatable bonds is 6. The zero-order chi connectivity index (χ0) is 19.6. The molecule has 1 aliphatic rings. The molecule has 1 atom stereocenters. The van der Waals surface area contributed by atoms with Crippen LogP contribution in [0.5, 0.6) is 0 Å². The fourth-order valence-electron chi connectivity index (χ4n) is 3.09. The van der Waals surface area contributed by atoms with E-state index in [0.717, 1.165) is 31.5 Å². The number of nitrogens with one attached hydrogen (secondary N) is 1. The third kappa shape index (κ3) is 5.75. The van der Waals surface area contributed by atoms with Gasteiger partial charge in [-0.15, -0.1) is 0 Å². The number of hydrogen-bond donors (Lipinski definition) is 2. The summed E-state index contributed by atoms with van der Waals surface area (Å²) in [5, 5.41) is 0. The molecule has 1 unspecified atom stereocenters. The van der Waals surface area contributed by atoms with Gasteiger partial charge >= 0.3 is 0 Å². The molecular formula is C19H28N6OS. The molecule has 1 aromatic heterocycles. The van der Waals surface area contributed by atoms with Crippen LogP contribution in [-0.4, -0.2) is 25.0 Å². The number of aromatic nitrogens is 3. The lowest BCUT2D eigenvalue weighted by molar-refractivity contribution is 0.347. The molecule has 0 saturated heterocycles. The Morgan fingerprint density at radius 2 is 2.15 bits per heavy atom. The van der Waals surface area contributed by atoms with Gasteiger partial charge in [0.2, 0.25) is 0 Å². The molecular weight excluding hydrogens is 360 g/mol. The normalized spacial score (nSPS) is 16.7. The van der Waals surface area contributed by atoms with Crippen molar-refractivity contribution in [2.24, 2.45) is 4.99 Å². The molecule has 1 saturated carbocycles. The molecule has 1 heterocycles. The fourth-order valence-corrected chi connectivity index (χ4v) is 4.00. The summed E-state index contributed by atoms with van der Waals surface area (Å²) in [5.41, 5.74) is 7.03. The third-order valence-electron chi connectivity index (χ3n) is 4.40. The molecule has 1 aliphatic carbocycles. The molecule has 0 amide bonds. The van der Waals surface area contributed by atoms with E-state index in [1.165, 1.54) is 12.6 Å². The van der Waals surface area contributed by atoms with Crippen LogP contribution in [0.1, 0.15) is 50.9 Å². The van der Waals surface area contributed by atoms with Gasteiger partial charge in [0, 0.05) is 30.8 Å². The van der Waals surface area contributed by atoms with Gasteiger partial charge in [0.15, 0.2) is 11.0 Å². The van der Waals surface area contributed by atoms with Crippen LogP contribution in [0, 0.1) is 6.92 Å². The minimum absolute atomic E-state index is 0.244. The SMILES string of the molecule is C=C/C(=C\N=CC)NS(=O)c1cnccnc(C)n(C2CCCCC2)c1N. The van der Waals surface area contributed by atoms with Crippen molar-refractivity contribution >= 4 is 23.0 Å². The summed E-state index contributed by atoms with van der Waals surface area (Å²) in [6.45, 7) is 7.43. The minimum atomic E-state index is -1.63. The van der Waals surface area contributed by atoms with Crippen molar-refractivity contribution < 1.29 is 4.21 Å². The van der Waals surface area contributed by atoms with Crippen molar-refractivity contribution in [1.82, 2.24) is 19.3 Å². The van der Waals surface area contributed by atoms with Crippen LogP contribution in [-0.2, 0) is 11.0 Å². The first-order chi connectivity index (χ1) is 13.1. The van der Waals surface area contributed by atoms with Crippen molar-refractivity contribution in [2.75, 3.05) is 5.73 Å². The van der Waals surface area contributed by atoms with E-state index < -0.39 is 11.0 Å². The first-order valence-electron chi connectivity index (χ1n) is 9.09. The zero-order valence-corrected chi connectivity index (χ0v) is 16.8. The highest BCUT2D eigenvalue weighted by Gasteiger charge is 2.20. The molecule has 8 heteroatoms. The molecule has 27 heavy (non-hydrogen) atoms. The summed E-state index contributed by atoms with van der Waals surface area (Å²) in [5.74, 6) is 1.18. The van der Waals surface area contributed by atoms with Gasteiger partial charge in [-0.3, -0.25) is 14.7 Å². The van der Waals surface area contributed by atoms with Crippen LogP contribution in [0.4, 0.5) is 5.82 Å². The minimum Gasteiger partial charge on any atom is -0.384 e. The highest BCUT2D eigenvalue weighted by atomic mass is 32.2. The van der Waals surface area contributed by atoms with Crippen LogP contribution in [0.2, 0.25) is 0 Å². The summed E-state index contributed by atoms with van der Waals surface area (Å²) in [6.07, 6.45) is 15.1. The van der Waals surface area contributed by atoms with E-state index in [0.29, 0.717) is 16.4 Å². The van der Waals surface area contributed by atoms with E-state index in [4.69, 9.17) is 5.73 Å². The molecule has 0 bridgehead atoms. The zero-order valence-electron chi connectivity index (χ0n) is 16.0. The van der Waals surface area contributed by atoms with E-state index in [2.05, 4.69) is 26.3 Å². The number of hydrogen-bond acceptors (Lipinski definition) is 5. The molecule has 3 N–H and O–H groups in total. The molecule has 1 aromatic rings. The number of nitrogens with zero attached hydrogens (tertiary/aromatic N) is 4. The van der Waals surface area contributed by atoms with E-state index in [9.17, 15) is 4.21 Å². The Bertz CT molecular complexity index is 791. The van der Waals surface area contributed by atoms with E-state index in [1.807, 2.05) is 11.5 Å². The van der Waals surface area contributed by atoms with Gasteiger partial charge in [0.1, 0.15) is 16.5 Å². The maximum absolute atomic E-state index is 13.0. The second-order valence-electron chi connectivity index (χ2n) is 6.23. The topological polar surface area (TPSA) is 98.2 Å². The lowest BCUT2D eigenvalue weighted by atomic mass is 9.95. The summed E-state index contributed by atoms with van der Waals surface area (Å²) in [4.78, 5) is 13.0. The number of nitrogen functional groups attached to an aromatic ring is 1. The predicted molar refractivity (Wildman–Crippen MR) is 111 cm³/mol. The van der Waals surface area contributed by atoms with Crippen LogP contribution >= 0.6 is 0 Å². The number of nitrogens with two attached hydrogens (primary N) is 1. The molecule has 0 aromatic carbocycles. The largest absolute Gasteiger partial charge is 0.384 e.